The van der Waals surface area contributed by atoms with Crippen molar-refractivity contribution in [2.45, 2.75) is 13.0 Å². The molecule has 3 aromatic rings. The topological polar surface area (TPSA) is 43.0 Å². The molecule has 1 unspecified atom stereocenters. The lowest BCUT2D eigenvalue weighted by Gasteiger charge is -2.15. The van der Waals surface area contributed by atoms with Crippen molar-refractivity contribution in [3.63, 3.8) is 0 Å². The molecule has 0 aliphatic rings. The Balaban J connectivity index is 2.07. The fraction of sp³-hybridized carbons (Fsp3) is 0.267. The van der Waals surface area contributed by atoms with Gasteiger partial charge in [-0.1, -0.05) is 25.1 Å². The molecule has 0 aliphatic carbocycles. The summed E-state index contributed by atoms with van der Waals surface area (Å²) in [6.07, 6.45) is 3.75. The van der Waals surface area contributed by atoms with Gasteiger partial charge in [0.05, 0.1) is 0 Å². The first-order valence-electron chi connectivity index (χ1n) is 6.48. The molecular weight excluding hydrogens is 238 g/mol. The summed E-state index contributed by atoms with van der Waals surface area (Å²) < 4.78 is 7.96. The molecule has 0 saturated heterocycles. The number of hydrogen-bond donors (Lipinski definition) is 1. The Morgan fingerprint density at radius 1 is 1.37 bits per heavy atom. The SMILES string of the molecule is CCNC(c1cc2ccccc2o1)c1nccn1C. The van der Waals surface area contributed by atoms with Gasteiger partial charge in [-0.25, -0.2) is 4.98 Å². The summed E-state index contributed by atoms with van der Waals surface area (Å²) in [6, 6.07) is 10.1. The largest absolute Gasteiger partial charge is 0.459 e. The number of imidazole rings is 1. The monoisotopic (exact) mass is 255 g/mol. The summed E-state index contributed by atoms with van der Waals surface area (Å²) in [7, 11) is 2.00. The van der Waals surface area contributed by atoms with Gasteiger partial charge in [0, 0.05) is 24.8 Å². The van der Waals surface area contributed by atoms with Crippen LogP contribution >= 0.6 is 0 Å². The van der Waals surface area contributed by atoms with Gasteiger partial charge in [-0.15, -0.1) is 0 Å². The summed E-state index contributed by atoms with van der Waals surface area (Å²) >= 11 is 0. The van der Waals surface area contributed by atoms with Crippen LogP contribution in [0, 0.1) is 0 Å². The van der Waals surface area contributed by atoms with E-state index in [4.69, 9.17) is 4.42 Å². The highest BCUT2D eigenvalue weighted by Crippen LogP contribution is 2.27. The maximum Gasteiger partial charge on any atom is 0.134 e. The van der Waals surface area contributed by atoms with Crippen molar-refractivity contribution in [2.75, 3.05) is 6.54 Å². The molecule has 0 aliphatic heterocycles. The second kappa shape index (κ2) is 4.90. The Labute approximate surface area is 112 Å². The lowest BCUT2D eigenvalue weighted by Crippen LogP contribution is -2.24. The predicted molar refractivity (Wildman–Crippen MR) is 74.9 cm³/mol. The zero-order chi connectivity index (χ0) is 13.2. The molecule has 1 N–H and O–H groups in total. The van der Waals surface area contributed by atoms with E-state index in [1.165, 1.54) is 0 Å². The summed E-state index contributed by atoms with van der Waals surface area (Å²) in [5.41, 5.74) is 0.912. The highest BCUT2D eigenvalue weighted by atomic mass is 16.3. The van der Waals surface area contributed by atoms with Crippen molar-refractivity contribution >= 4 is 11.0 Å². The number of nitrogens with one attached hydrogen (secondary N) is 1. The third-order valence-electron chi connectivity index (χ3n) is 3.25. The number of nitrogens with zero attached hydrogens (tertiary/aromatic N) is 2. The standard InChI is InChI=1S/C15H17N3O/c1-3-16-14(15-17-8-9-18(15)2)13-10-11-6-4-5-7-12(11)19-13/h4-10,14,16H,3H2,1-2H3. The average molecular weight is 255 g/mol. The minimum atomic E-state index is -0.0163. The maximum atomic E-state index is 5.95. The van der Waals surface area contributed by atoms with Gasteiger partial charge in [0.25, 0.3) is 0 Å². The fourth-order valence-corrected chi connectivity index (χ4v) is 2.32. The van der Waals surface area contributed by atoms with E-state index >= 15 is 0 Å². The summed E-state index contributed by atoms with van der Waals surface area (Å²) in [6.45, 7) is 2.94. The van der Waals surface area contributed by atoms with Gasteiger partial charge in [0.15, 0.2) is 0 Å². The van der Waals surface area contributed by atoms with E-state index in [-0.39, 0.29) is 6.04 Å². The summed E-state index contributed by atoms with van der Waals surface area (Å²) in [4.78, 5) is 4.42. The number of aryl methyl sites for hydroxylation is 1. The Kier molecular flexibility index (Phi) is 3.09. The van der Waals surface area contributed by atoms with Gasteiger partial charge in [-0.05, 0) is 18.7 Å². The molecular formula is C15H17N3O. The third kappa shape index (κ3) is 2.15. The van der Waals surface area contributed by atoms with Crippen LogP contribution in [0.2, 0.25) is 0 Å². The molecule has 98 valence electrons. The predicted octanol–water partition coefficient (Wildman–Crippen LogP) is 2.87. The van der Waals surface area contributed by atoms with Crippen LogP contribution in [0.5, 0.6) is 0 Å². The zero-order valence-corrected chi connectivity index (χ0v) is 11.1. The van der Waals surface area contributed by atoms with E-state index in [1.54, 1.807) is 0 Å². The number of benzene rings is 1. The number of para-hydroxylation sites is 1. The molecule has 1 aromatic carbocycles. The van der Waals surface area contributed by atoms with Gasteiger partial charge < -0.3 is 14.3 Å². The Bertz CT molecular complexity index is 650. The fourth-order valence-electron chi connectivity index (χ4n) is 2.32. The quantitative estimate of drug-likeness (QED) is 0.779. The Hall–Kier alpha value is -2.07. The second-order valence-corrected chi connectivity index (χ2v) is 4.57. The van der Waals surface area contributed by atoms with E-state index < -0.39 is 0 Å². The smallest absolute Gasteiger partial charge is 0.134 e. The molecule has 1 atom stereocenters. The van der Waals surface area contributed by atoms with Crippen molar-refractivity contribution in [2.24, 2.45) is 7.05 Å². The molecule has 19 heavy (non-hydrogen) atoms. The molecule has 0 amide bonds. The van der Waals surface area contributed by atoms with Crippen LogP contribution in [-0.2, 0) is 7.05 Å². The Morgan fingerprint density at radius 2 is 2.21 bits per heavy atom. The first kappa shape index (κ1) is 12.0. The molecule has 2 aromatic heterocycles. The van der Waals surface area contributed by atoms with Gasteiger partial charge in [-0.2, -0.15) is 0 Å². The van der Waals surface area contributed by atoms with Crippen LogP contribution in [-0.4, -0.2) is 16.1 Å². The third-order valence-corrected chi connectivity index (χ3v) is 3.25. The Morgan fingerprint density at radius 3 is 2.89 bits per heavy atom. The normalized spacial score (nSPS) is 12.9. The highest BCUT2D eigenvalue weighted by molar-refractivity contribution is 5.77. The summed E-state index contributed by atoms with van der Waals surface area (Å²) in [5, 5.41) is 4.55. The van der Waals surface area contributed by atoms with Crippen molar-refractivity contribution in [3.05, 3.63) is 54.3 Å². The average Bonchev–Trinajstić information content (AvgIpc) is 3.02. The van der Waals surface area contributed by atoms with Crippen LogP contribution in [0.4, 0.5) is 0 Å². The van der Waals surface area contributed by atoms with Crippen molar-refractivity contribution in [1.82, 2.24) is 14.9 Å². The molecule has 4 heteroatoms. The van der Waals surface area contributed by atoms with Crippen LogP contribution in [0.3, 0.4) is 0 Å². The van der Waals surface area contributed by atoms with Gasteiger partial charge in [0.2, 0.25) is 0 Å². The highest BCUT2D eigenvalue weighted by Gasteiger charge is 2.21. The number of rotatable bonds is 4. The zero-order valence-electron chi connectivity index (χ0n) is 11.1. The second-order valence-electron chi connectivity index (χ2n) is 4.57. The van der Waals surface area contributed by atoms with E-state index in [0.717, 1.165) is 29.1 Å². The van der Waals surface area contributed by atoms with Gasteiger partial charge in [-0.3, -0.25) is 0 Å². The van der Waals surface area contributed by atoms with Crippen molar-refractivity contribution < 1.29 is 4.42 Å². The van der Waals surface area contributed by atoms with Crippen LogP contribution in [0.1, 0.15) is 24.6 Å². The lowest BCUT2D eigenvalue weighted by molar-refractivity contribution is 0.457. The van der Waals surface area contributed by atoms with Crippen LogP contribution in [0.15, 0.2) is 47.1 Å². The maximum absolute atomic E-state index is 5.95. The molecule has 0 saturated carbocycles. The number of hydrogen-bond acceptors (Lipinski definition) is 3. The van der Waals surface area contributed by atoms with E-state index in [2.05, 4.69) is 29.4 Å². The minimum Gasteiger partial charge on any atom is -0.459 e. The number of furan rings is 1. The van der Waals surface area contributed by atoms with E-state index in [1.807, 2.05) is 42.2 Å². The molecule has 3 rings (SSSR count). The van der Waals surface area contributed by atoms with Crippen LogP contribution < -0.4 is 5.32 Å². The first-order valence-corrected chi connectivity index (χ1v) is 6.48. The van der Waals surface area contributed by atoms with Gasteiger partial charge in [0.1, 0.15) is 23.2 Å². The van der Waals surface area contributed by atoms with Crippen molar-refractivity contribution in [3.8, 4) is 0 Å². The number of fused-ring (bicyclic) bond motifs is 1. The molecule has 2 heterocycles. The molecule has 4 nitrogen and oxygen atoms in total. The number of aromatic nitrogens is 2. The molecule has 0 fully saturated rings. The molecule has 0 spiro atoms. The molecule has 0 bridgehead atoms. The van der Waals surface area contributed by atoms with E-state index in [9.17, 15) is 0 Å². The van der Waals surface area contributed by atoms with Crippen LogP contribution in [0.25, 0.3) is 11.0 Å². The van der Waals surface area contributed by atoms with Gasteiger partial charge >= 0.3 is 0 Å². The van der Waals surface area contributed by atoms with Crippen molar-refractivity contribution in [1.29, 1.82) is 0 Å². The molecule has 0 radical (unpaired) electrons. The van der Waals surface area contributed by atoms with E-state index in [0.29, 0.717) is 0 Å². The lowest BCUT2D eigenvalue weighted by atomic mass is 10.2. The minimum absolute atomic E-state index is 0.0163. The first-order chi connectivity index (χ1) is 9.29. The summed E-state index contributed by atoms with van der Waals surface area (Å²) in [5.74, 6) is 1.86.